The molecule has 0 saturated heterocycles. The first-order chi connectivity index (χ1) is 10.3. The highest BCUT2D eigenvalue weighted by Gasteiger charge is 2.27. The smallest absolute Gasteiger partial charge is 0.197 e. The number of oxazole rings is 1. The average molecular weight is 286 g/mol. The van der Waals surface area contributed by atoms with E-state index in [9.17, 15) is 0 Å². The summed E-state index contributed by atoms with van der Waals surface area (Å²) >= 11 is 0. The van der Waals surface area contributed by atoms with Gasteiger partial charge in [-0.3, -0.25) is 0 Å². The third-order valence-corrected chi connectivity index (χ3v) is 4.83. The molecule has 1 unspecified atom stereocenters. The standard InChI is InChI=1S/C18H26N2O/c1-3-19-16(14-10-8-13(2)9-11-14)12-18-20-15-6-4-5-7-17(15)21-18/h4-7,13-14,16,19H,3,8-12H2,1-2H3. The summed E-state index contributed by atoms with van der Waals surface area (Å²) in [7, 11) is 0. The van der Waals surface area contributed by atoms with Gasteiger partial charge in [0.2, 0.25) is 0 Å². The third kappa shape index (κ3) is 3.46. The van der Waals surface area contributed by atoms with Crippen LogP contribution in [0.1, 0.15) is 45.4 Å². The van der Waals surface area contributed by atoms with Gasteiger partial charge in [0.15, 0.2) is 11.5 Å². The molecule has 1 aliphatic rings. The van der Waals surface area contributed by atoms with Gasteiger partial charge in [-0.2, -0.15) is 0 Å². The molecule has 1 N–H and O–H groups in total. The normalized spacial score (nSPS) is 24.3. The summed E-state index contributed by atoms with van der Waals surface area (Å²) in [6, 6.07) is 8.53. The van der Waals surface area contributed by atoms with Crippen LogP contribution >= 0.6 is 0 Å². The van der Waals surface area contributed by atoms with Crippen LogP contribution in [0.2, 0.25) is 0 Å². The van der Waals surface area contributed by atoms with Gasteiger partial charge in [-0.05, 0) is 43.4 Å². The van der Waals surface area contributed by atoms with E-state index in [-0.39, 0.29) is 0 Å². The second kappa shape index (κ2) is 6.61. The van der Waals surface area contributed by atoms with Crippen molar-refractivity contribution in [2.45, 2.75) is 52.0 Å². The summed E-state index contributed by atoms with van der Waals surface area (Å²) in [5.41, 5.74) is 1.88. The van der Waals surface area contributed by atoms with Crippen molar-refractivity contribution >= 4 is 11.1 Å². The second-order valence-corrected chi connectivity index (χ2v) is 6.46. The maximum Gasteiger partial charge on any atom is 0.197 e. The van der Waals surface area contributed by atoms with Crippen molar-refractivity contribution in [2.75, 3.05) is 6.54 Å². The van der Waals surface area contributed by atoms with E-state index in [1.807, 2.05) is 24.3 Å². The maximum absolute atomic E-state index is 5.91. The van der Waals surface area contributed by atoms with Crippen LogP contribution in [0.25, 0.3) is 11.1 Å². The highest BCUT2D eigenvalue weighted by atomic mass is 16.3. The largest absolute Gasteiger partial charge is 0.441 e. The zero-order chi connectivity index (χ0) is 14.7. The van der Waals surface area contributed by atoms with Gasteiger partial charge in [0.25, 0.3) is 0 Å². The van der Waals surface area contributed by atoms with E-state index in [2.05, 4.69) is 24.1 Å². The van der Waals surface area contributed by atoms with Crippen LogP contribution in [0.3, 0.4) is 0 Å². The first kappa shape index (κ1) is 14.6. The van der Waals surface area contributed by atoms with Gasteiger partial charge >= 0.3 is 0 Å². The maximum atomic E-state index is 5.91. The molecule has 1 aliphatic carbocycles. The zero-order valence-electron chi connectivity index (χ0n) is 13.1. The number of fused-ring (bicyclic) bond motifs is 1. The minimum atomic E-state index is 0.496. The average Bonchev–Trinajstić information content (AvgIpc) is 2.90. The number of aromatic nitrogens is 1. The van der Waals surface area contributed by atoms with Crippen molar-refractivity contribution < 1.29 is 4.42 Å². The van der Waals surface area contributed by atoms with Crippen molar-refractivity contribution in [3.63, 3.8) is 0 Å². The van der Waals surface area contributed by atoms with Crippen LogP contribution in [0.4, 0.5) is 0 Å². The number of para-hydroxylation sites is 2. The Labute approximate surface area is 127 Å². The van der Waals surface area contributed by atoms with Crippen LogP contribution in [0.5, 0.6) is 0 Å². The number of likely N-dealkylation sites (N-methyl/N-ethyl adjacent to an activating group) is 1. The summed E-state index contributed by atoms with van der Waals surface area (Å²) in [6.45, 7) is 5.57. The molecule has 1 aromatic carbocycles. The van der Waals surface area contributed by atoms with Gasteiger partial charge in [-0.1, -0.05) is 38.8 Å². The fourth-order valence-corrected chi connectivity index (χ4v) is 3.55. The first-order valence-corrected chi connectivity index (χ1v) is 8.34. The molecular formula is C18H26N2O. The minimum absolute atomic E-state index is 0.496. The van der Waals surface area contributed by atoms with Crippen LogP contribution < -0.4 is 5.32 Å². The Kier molecular flexibility index (Phi) is 4.59. The lowest BCUT2D eigenvalue weighted by atomic mass is 9.78. The Morgan fingerprint density at radius 2 is 2.00 bits per heavy atom. The number of nitrogens with one attached hydrogen (secondary N) is 1. The molecule has 21 heavy (non-hydrogen) atoms. The molecule has 0 radical (unpaired) electrons. The van der Waals surface area contributed by atoms with Crippen LogP contribution in [0.15, 0.2) is 28.7 Å². The fourth-order valence-electron chi connectivity index (χ4n) is 3.55. The Hall–Kier alpha value is -1.35. The molecule has 3 heteroatoms. The summed E-state index contributed by atoms with van der Waals surface area (Å²) in [5, 5.41) is 3.66. The Balaban J connectivity index is 1.72. The second-order valence-electron chi connectivity index (χ2n) is 6.46. The minimum Gasteiger partial charge on any atom is -0.441 e. The molecule has 0 amide bonds. The van der Waals surface area contributed by atoms with E-state index in [1.54, 1.807) is 0 Å². The quantitative estimate of drug-likeness (QED) is 0.896. The summed E-state index contributed by atoms with van der Waals surface area (Å²) in [6.07, 6.45) is 6.29. The molecule has 1 saturated carbocycles. The topological polar surface area (TPSA) is 38.1 Å². The lowest BCUT2D eigenvalue weighted by molar-refractivity contribution is 0.224. The highest BCUT2D eigenvalue weighted by Crippen LogP contribution is 2.31. The van der Waals surface area contributed by atoms with Crippen molar-refractivity contribution in [1.82, 2.24) is 10.3 Å². The fraction of sp³-hybridized carbons (Fsp3) is 0.611. The van der Waals surface area contributed by atoms with Crippen molar-refractivity contribution in [3.05, 3.63) is 30.2 Å². The van der Waals surface area contributed by atoms with E-state index in [4.69, 9.17) is 4.42 Å². The summed E-state index contributed by atoms with van der Waals surface area (Å²) in [5.74, 6) is 2.53. The first-order valence-electron chi connectivity index (χ1n) is 8.34. The molecule has 0 spiro atoms. The monoisotopic (exact) mass is 286 g/mol. The van der Waals surface area contributed by atoms with Crippen molar-refractivity contribution in [3.8, 4) is 0 Å². The molecule has 0 bridgehead atoms. The summed E-state index contributed by atoms with van der Waals surface area (Å²) in [4.78, 5) is 4.64. The van der Waals surface area contributed by atoms with E-state index in [0.29, 0.717) is 6.04 Å². The molecule has 2 aromatic rings. The van der Waals surface area contributed by atoms with Gasteiger partial charge in [0.1, 0.15) is 5.52 Å². The Bertz CT molecular complexity index is 536. The molecule has 1 aromatic heterocycles. The molecule has 1 heterocycles. The van der Waals surface area contributed by atoms with Gasteiger partial charge < -0.3 is 9.73 Å². The van der Waals surface area contributed by atoms with E-state index >= 15 is 0 Å². The highest BCUT2D eigenvalue weighted by molar-refractivity contribution is 5.72. The number of rotatable bonds is 5. The number of hydrogen-bond donors (Lipinski definition) is 1. The van der Waals surface area contributed by atoms with Crippen molar-refractivity contribution in [2.24, 2.45) is 11.8 Å². The lowest BCUT2D eigenvalue weighted by Gasteiger charge is -2.32. The molecule has 3 rings (SSSR count). The molecule has 1 fully saturated rings. The van der Waals surface area contributed by atoms with E-state index < -0.39 is 0 Å². The zero-order valence-corrected chi connectivity index (χ0v) is 13.1. The number of benzene rings is 1. The third-order valence-electron chi connectivity index (χ3n) is 4.83. The Morgan fingerprint density at radius 1 is 1.24 bits per heavy atom. The van der Waals surface area contributed by atoms with E-state index in [1.165, 1.54) is 25.7 Å². The predicted octanol–water partition coefficient (Wildman–Crippen LogP) is 4.17. The van der Waals surface area contributed by atoms with Crippen LogP contribution in [-0.2, 0) is 6.42 Å². The number of nitrogens with zero attached hydrogens (tertiary/aromatic N) is 1. The van der Waals surface area contributed by atoms with Crippen LogP contribution in [-0.4, -0.2) is 17.6 Å². The van der Waals surface area contributed by atoms with Gasteiger partial charge in [0.05, 0.1) is 0 Å². The molecule has 1 atom stereocenters. The van der Waals surface area contributed by atoms with Crippen LogP contribution in [0, 0.1) is 11.8 Å². The van der Waals surface area contributed by atoms with Gasteiger partial charge in [-0.15, -0.1) is 0 Å². The van der Waals surface area contributed by atoms with Crippen molar-refractivity contribution in [1.29, 1.82) is 0 Å². The molecule has 114 valence electrons. The predicted molar refractivity (Wildman–Crippen MR) is 86.3 cm³/mol. The van der Waals surface area contributed by atoms with Gasteiger partial charge in [0, 0.05) is 12.5 Å². The van der Waals surface area contributed by atoms with E-state index in [0.717, 1.165) is 41.8 Å². The molecule has 0 aliphatic heterocycles. The summed E-state index contributed by atoms with van der Waals surface area (Å²) < 4.78 is 5.91. The SMILES string of the molecule is CCNC(Cc1nc2ccccc2o1)C1CCC(C)CC1. The molecular weight excluding hydrogens is 260 g/mol. The number of hydrogen-bond acceptors (Lipinski definition) is 3. The Morgan fingerprint density at radius 3 is 2.71 bits per heavy atom. The molecule has 3 nitrogen and oxygen atoms in total. The lowest BCUT2D eigenvalue weighted by Crippen LogP contribution is -2.39. The van der Waals surface area contributed by atoms with Gasteiger partial charge in [-0.25, -0.2) is 4.98 Å².